The summed E-state index contributed by atoms with van der Waals surface area (Å²) in [7, 11) is -3.88. The number of imidazole rings is 1. The maximum Gasteiger partial charge on any atom is 0.320 e. The number of aromatic nitrogens is 2. The van der Waals surface area contributed by atoms with Gasteiger partial charge in [-0.05, 0) is 25.1 Å². The second kappa shape index (κ2) is 4.30. The third-order valence-corrected chi connectivity index (χ3v) is 3.36. The van der Waals surface area contributed by atoms with Gasteiger partial charge in [0.1, 0.15) is 5.82 Å². The minimum absolute atomic E-state index is 0.299. The molecule has 0 aliphatic carbocycles. The van der Waals surface area contributed by atoms with E-state index in [1.54, 1.807) is 19.1 Å². The second-order valence-electron chi connectivity index (χ2n) is 3.81. The molecule has 0 amide bonds. The van der Waals surface area contributed by atoms with Gasteiger partial charge in [0, 0.05) is 0 Å². The van der Waals surface area contributed by atoms with Crippen LogP contribution in [0.2, 0.25) is 0 Å². The third kappa shape index (κ3) is 2.77. The van der Waals surface area contributed by atoms with Crippen LogP contribution in [0.4, 0.5) is 5.69 Å². The highest BCUT2D eigenvalue weighted by Gasteiger charge is 2.15. The van der Waals surface area contributed by atoms with Crippen molar-refractivity contribution in [2.75, 3.05) is 10.5 Å². The molecule has 7 nitrogen and oxygen atoms in total. The molecule has 1 aromatic heterocycles. The lowest BCUT2D eigenvalue weighted by atomic mass is 10.3. The highest BCUT2D eigenvalue weighted by atomic mass is 32.2. The average molecular weight is 269 g/mol. The molecule has 0 bridgehead atoms. The molecule has 96 valence electrons. The van der Waals surface area contributed by atoms with Gasteiger partial charge < -0.3 is 10.1 Å². The average Bonchev–Trinajstić information content (AvgIpc) is 2.54. The van der Waals surface area contributed by atoms with Crippen molar-refractivity contribution in [1.82, 2.24) is 9.97 Å². The number of nitrogens with one attached hydrogen (secondary N) is 2. The fourth-order valence-corrected chi connectivity index (χ4v) is 2.46. The number of carbonyl (C=O) groups is 1. The molecule has 0 aliphatic rings. The number of nitrogens with zero attached hydrogens (tertiary/aromatic N) is 1. The summed E-state index contributed by atoms with van der Waals surface area (Å²) in [6, 6.07) is 4.74. The minimum Gasteiger partial charge on any atom is -0.480 e. The maximum absolute atomic E-state index is 11.4. The third-order valence-electron chi connectivity index (χ3n) is 2.19. The molecule has 0 spiro atoms. The Labute approximate surface area is 103 Å². The molecule has 1 heterocycles. The molecule has 8 heteroatoms. The minimum atomic E-state index is -3.88. The zero-order chi connectivity index (χ0) is 13.3. The predicted octanol–water partition coefficient (Wildman–Crippen LogP) is 0.698. The molecule has 1 aromatic carbocycles. The topological polar surface area (TPSA) is 112 Å². The summed E-state index contributed by atoms with van der Waals surface area (Å²) in [6.07, 6.45) is 0. The molecule has 0 saturated carbocycles. The van der Waals surface area contributed by atoms with Crippen LogP contribution in [-0.2, 0) is 14.8 Å². The molecular formula is C10H11N3O4S. The Morgan fingerprint density at radius 1 is 1.50 bits per heavy atom. The smallest absolute Gasteiger partial charge is 0.320 e. The number of carboxylic acid groups (broad SMARTS) is 1. The number of hydrogen-bond donors (Lipinski definition) is 3. The Balaban J connectivity index is 2.29. The van der Waals surface area contributed by atoms with E-state index in [0.29, 0.717) is 16.7 Å². The number of aromatic amines is 1. The first kappa shape index (κ1) is 12.4. The molecule has 2 rings (SSSR count). The van der Waals surface area contributed by atoms with Gasteiger partial charge in [-0.3, -0.25) is 9.52 Å². The van der Waals surface area contributed by atoms with E-state index >= 15 is 0 Å². The second-order valence-corrected chi connectivity index (χ2v) is 5.53. The van der Waals surface area contributed by atoms with E-state index < -0.39 is 21.7 Å². The number of sulfonamides is 1. The number of fused-ring (bicyclic) bond motifs is 1. The van der Waals surface area contributed by atoms with Crippen LogP contribution in [0.25, 0.3) is 11.0 Å². The van der Waals surface area contributed by atoms with Gasteiger partial charge in [-0.2, -0.15) is 0 Å². The largest absolute Gasteiger partial charge is 0.480 e. The van der Waals surface area contributed by atoms with Crippen LogP contribution in [-0.4, -0.2) is 35.2 Å². The molecule has 3 N–H and O–H groups in total. The highest BCUT2D eigenvalue weighted by molar-refractivity contribution is 7.93. The molecule has 0 saturated heterocycles. The van der Waals surface area contributed by atoms with Crippen LogP contribution in [0.5, 0.6) is 0 Å². The number of hydrogen-bond acceptors (Lipinski definition) is 4. The van der Waals surface area contributed by atoms with Crippen LogP contribution in [0.15, 0.2) is 18.2 Å². The molecular weight excluding hydrogens is 258 g/mol. The fourth-order valence-electron chi connectivity index (χ4n) is 1.58. The Bertz CT molecular complexity index is 705. The summed E-state index contributed by atoms with van der Waals surface area (Å²) in [5.74, 6) is -1.65. The maximum atomic E-state index is 11.4. The lowest BCUT2D eigenvalue weighted by Crippen LogP contribution is -2.22. The summed E-state index contributed by atoms with van der Waals surface area (Å²) in [5.41, 5.74) is 1.70. The molecule has 0 aliphatic heterocycles. The van der Waals surface area contributed by atoms with E-state index in [-0.39, 0.29) is 0 Å². The predicted molar refractivity (Wildman–Crippen MR) is 65.9 cm³/mol. The Morgan fingerprint density at radius 2 is 2.22 bits per heavy atom. The molecule has 0 atom stereocenters. The number of anilines is 1. The van der Waals surface area contributed by atoms with Crippen molar-refractivity contribution in [2.45, 2.75) is 6.92 Å². The van der Waals surface area contributed by atoms with Crippen molar-refractivity contribution < 1.29 is 18.3 Å². The first-order valence-corrected chi connectivity index (χ1v) is 6.69. The number of H-pyrrole nitrogens is 1. The number of rotatable bonds is 4. The normalized spacial score (nSPS) is 11.6. The van der Waals surface area contributed by atoms with Gasteiger partial charge in [0.05, 0.1) is 16.7 Å². The van der Waals surface area contributed by atoms with Gasteiger partial charge >= 0.3 is 5.97 Å². The van der Waals surface area contributed by atoms with E-state index in [9.17, 15) is 13.2 Å². The van der Waals surface area contributed by atoms with E-state index in [1.807, 2.05) is 0 Å². The van der Waals surface area contributed by atoms with Gasteiger partial charge in [0.2, 0.25) is 10.0 Å². The molecule has 0 unspecified atom stereocenters. The monoisotopic (exact) mass is 269 g/mol. The lowest BCUT2D eigenvalue weighted by Gasteiger charge is -2.05. The Morgan fingerprint density at radius 3 is 2.89 bits per heavy atom. The van der Waals surface area contributed by atoms with Crippen LogP contribution in [0.3, 0.4) is 0 Å². The zero-order valence-electron chi connectivity index (χ0n) is 9.47. The Hall–Kier alpha value is -2.09. The first-order valence-electron chi connectivity index (χ1n) is 5.04. The summed E-state index contributed by atoms with van der Waals surface area (Å²) >= 11 is 0. The standard InChI is InChI=1S/C10H11N3O4S/c1-6-11-8-3-2-7(4-9(8)12-6)13-18(16,17)5-10(14)15/h2-4,13H,5H2,1H3,(H,11,12)(H,14,15). The summed E-state index contributed by atoms with van der Waals surface area (Å²) in [4.78, 5) is 17.5. The van der Waals surface area contributed by atoms with Gasteiger partial charge in [-0.15, -0.1) is 0 Å². The number of carboxylic acids is 1. The van der Waals surface area contributed by atoms with Gasteiger partial charge in [0.15, 0.2) is 5.75 Å². The quantitative estimate of drug-likeness (QED) is 0.756. The summed E-state index contributed by atoms with van der Waals surface area (Å²) in [6.45, 7) is 1.79. The van der Waals surface area contributed by atoms with E-state index in [0.717, 1.165) is 5.82 Å². The van der Waals surface area contributed by atoms with Gasteiger partial charge in [0.25, 0.3) is 0 Å². The lowest BCUT2D eigenvalue weighted by molar-refractivity contribution is -0.134. The molecule has 18 heavy (non-hydrogen) atoms. The van der Waals surface area contributed by atoms with Gasteiger partial charge in [-0.1, -0.05) is 0 Å². The summed E-state index contributed by atoms with van der Waals surface area (Å²) < 4.78 is 25.1. The van der Waals surface area contributed by atoms with Crippen LogP contribution in [0, 0.1) is 6.92 Å². The molecule has 2 aromatic rings. The van der Waals surface area contributed by atoms with Crippen molar-refractivity contribution in [3.05, 3.63) is 24.0 Å². The highest BCUT2D eigenvalue weighted by Crippen LogP contribution is 2.18. The fraction of sp³-hybridized carbons (Fsp3) is 0.200. The first-order chi connectivity index (χ1) is 8.35. The number of benzene rings is 1. The molecule has 0 fully saturated rings. The number of aliphatic carboxylic acids is 1. The van der Waals surface area contributed by atoms with Crippen molar-refractivity contribution in [2.24, 2.45) is 0 Å². The van der Waals surface area contributed by atoms with Crippen LogP contribution >= 0.6 is 0 Å². The number of aryl methyl sites for hydroxylation is 1. The van der Waals surface area contributed by atoms with E-state index in [4.69, 9.17) is 5.11 Å². The van der Waals surface area contributed by atoms with Gasteiger partial charge in [-0.25, -0.2) is 13.4 Å². The molecule has 0 radical (unpaired) electrons. The van der Waals surface area contributed by atoms with Crippen molar-refractivity contribution in [1.29, 1.82) is 0 Å². The van der Waals surface area contributed by atoms with Crippen LogP contribution in [0.1, 0.15) is 5.82 Å². The van der Waals surface area contributed by atoms with Crippen molar-refractivity contribution >= 4 is 32.7 Å². The van der Waals surface area contributed by atoms with E-state index in [1.165, 1.54) is 6.07 Å². The van der Waals surface area contributed by atoms with Crippen molar-refractivity contribution in [3.63, 3.8) is 0 Å². The SMILES string of the molecule is Cc1nc2ccc(NS(=O)(=O)CC(=O)O)cc2[nH]1. The van der Waals surface area contributed by atoms with Crippen molar-refractivity contribution in [3.8, 4) is 0 Å². The van der Waals surface area contributed by atoms with E-state index in [2.05, 4.69) is 14.7 Å². The van der Waals surface area contributed by atoms with Crippen LogP contribution < -0.4 is 4.72 Å². The zero-order valence-corrected chi connectivity index (χ0v) is 10.3. The Kier molecular flexibility index (Phi) is 2.95. The summed E-state index contributed by atoms with van der Waals surface area (Å²) in [5, 5.41) is 8.47.